The maximum Gasteiger partial charge on any atom is 0.235 e. The molecule has 1 aliphatic carbocycles. The highest BCUT2D eigenvalue weighted by atomic mass is 35.5. The minimum absolute atomic E-state index is 0.0952. The highest BCUT2D eigenvalue weighted by molar-refractivity contribution is 6.27. The lowest BCUT2D eigenvalue weighted by molar-refractivity contribution is -0.120. The van der Waals surface area contributed by atoms with Gasteiger partial charge in [-0.25, -0.2) is 0 Å². The van der Waals surface area contributed by atoms with Crippen molar-refractivity contribution in [2.45, 2.75) is 25.0 Å². The van der Waals surface area contributed by atoms with Gasteiger partial charge in [-0.2, -0.15) is 0 Å². The monoisotopic (exact) mass is 269 g/mol. The summed E-state index contributed by atoms with van der Waals surface area (Å²) in [6, 6.07) is 5.46. The van der Waals surface area contributed by atoms with Crippen LogP contribution in [0.15, 0.2) is 18.2 Å². The molecule has 0 bridgehead atoms. The molecule has 0 aliphatic heterocycles. The highest BCUT2D eigenvalue weighted by Gasteiger charge is 2.29. The number of hydrogen-bond donors (Lipinski definition) is 2. The molecule has 0 heterocycles. The Balaban J connectivity index is 2.22. The topological polar surface area (TPSA) is 58.6 Å². The molecule has 5 heteroatoms. The molecule has 0 saturated heterocycles. The second kappa shape index (κ2) is 5.59. The van der Waals surface area contributed by atoms with Crippen molar-refractivity contribution >= 4 is 17.5 Å². The Hall–Kier alpha value is -1.26. The third-order valence-electron chi connectivity index (χ3n) is 3.24. The van der Waals surface area contributed by atoms with Crippen LogP contribution in [0, 0.1) is 0 Å². The second-order valence-corrected chi connectivity index (χ2v) is 4.65. The maximum absolute atomic E-state index is 11.3. The van der Waals surface area contributed by atoms with Gasteiger partial charge in [0.25, 0.3) is 0 Å². The van der Waals surface area contributed by atoms with Crippen LogP contribution in [0.3, 0.4) is 0 Å². The van der Waals surface area contributed by atoms with Gasteiger partial charge < -0.3 is 15.2 Å². The van der Waals surface area contributed by atoms with Gasteiger partial charge in [-0.3, -0.25) is 4.79 Å². The van der Waals surface area contributed by atoms with Gasteiger partial charge in [-0.15, -0.1) is 11.6 Å². The number of halogens is 1. The summed E-state index contributed by atoms with van der Waals surface area (Å²) in [6.45, 7) is 0. The molecule has 1 aliphatic rings. The molecule has 1 amide bonds. The van der Waals surface area contributed by atoms with Crippen LogP contribution in [0.2, 0.25) is 0 Å². The van der Waals surface area contributed by atoms with Crippen molar-refractivity contribution in [3.05, 3.63) is 29.3 Å². The number of methoxy groups -OCH3 is 1. The van der Waals surface area contributed by atoms with Gasteiger partial charge in [0.15, 0.2) is 0 Å². The Kier molecular flexibility index (Phi) is 4.09. The molecule has 2 rings (SSSR count). The van der Waals surface area contributed by atoms with E-state index >= 15 is 0 Å². The van der Waals surface area contributed by atoms with Gasteiger partial charge in [0.05, 0.1) is 19.3 Å². The molecule has 1 aromatic carbocycles. The van der Waals surface area contributed by atoms with Crippen molar-refractivity contribution in [2.24, 2.45) is 0 Å². The first-order chi connectivity index (χ1) is 8.65. The predicted molar refractivity (Wildman–Crippen MR) is 69.1 cm³/mol. The van der Waals surface area contributed by atoms with Crippen LogP contribution < -0.4 is 10.1 Å². The van der Waals surface area contributed by atoms with Gasteiger partial charge in [-0.1, -0.05) is 12.1 Å². The van der Waals surface area contributed by atoms with Gasteiger partial charge in [-0.05, 0) is 23.6 Å². The van der Waals surface area contributed by atoms with E-state index in [1.807, 2.05) is 18.2 Å². The fourth-order valence-corrected chi connectivity index (χ4v) is 2.42. The van der Waals surface area contributed by atoms with E-state index in [0.29, 0.717) is 12.8 Å². The average molecular weight is 270 g/mol. The summed E-state index contributed by atoms with van der Waals surface area (Å²) in [5.41, 5.74) is 2.11. The average Bonchev–Trinajstić information content (AvgIpc) is 2.38. The number of amides is 1. The largest absolute Gasteiger partial charge is 0.496 e. The molecule has 98 valence electrons. The van der Waals surface area contributed by atoms with Crippen molar-refractivity contribution < 1.29 is 14.6 Å². The number of rotatable bonds is 3. The summed E-state index contributed by atoms with van der Waals surface area (Å²) in [5.74, 6) is 0.436. The second-order valence-electron chi connectivity index (χ2n) is 4.38. The van der Waals surface area contributed by atoms with Crippen molar-refractivity contribution in [2.75, 3.05) is 13.0 Å². The van der Waals surface area contributed by atoms with E-state index in [1.54, 1.807) is 7.11 Å². The molecule has 18 heavy (non-hydrogen) atoms. The molecule has 0 spiro atoms. The lowest BCUT2D eigenvalue weighted by atomic mass is 9.85. The number of nitrogens with one attached hydrogen (secondary N) is 1. The quantitative estimate of drug-likeness (QED) is 0.801. The van der Waals surface area contributed by atoms with Crippen LogP contribution in [0.1, 0.15) is 11.1 Å². The number of aliphatic hydroxyl groups excluding tert-OH is 1. The summed E-state index contributed by atoms with van der Waals surface area (Å²) in [4.78, 5) is 11.3. The van der Waals surface area contributed by atoms with Gasteiger partial charge in [0.1, 0.15) is 11.6 Å². The van der Waals surface area contributed by atoms with Gasteiger partial charge >= 0.3 is 0 Å². The molecule has 0 aromatic heterocycles. The molecule has 0 fully saturated rings. The predicted octanol–water partition coefficient (Wildman–Crippen LogP) is 0.878. The normalized spacial score (nSPS) is 22.2. The van der Waals surface area contributed by atoms with E-state index in [1.165, 1.54) is 0 Å². The lowest BCUT2D eigenvalue weighted by Crippen LogP contribution is -2.48. The maximum atomic E-state index is 11.3. The summed E-state index contributed by atoms with van der Waals surface area (Å²) in [6.07, 6.45) is 0.486. The van der Waals surface area contributed by atoms with Crippen molar-refractivity contribution in [1.82, 2.24) is 5.32 Å². The lowest BCUT2D eigenvalue weighted by Gasteiger charge is -2.31. The fraction of sp³-hybridized carbons (Fsp3) is 0.462. The fourth-order valence-electron chi connectivity index (χ4n) is 2.34. The molecule has 1 aromatic rings. The molecule has 4 nitrogen and oxygen atoms in total. The number of benzene rings is 1. The van der Waals surface area contributed by atoms with Crippen molar-refractivity contribution in [1.29, 1.82) is 0 Å². The molecular formula is C13H16ClNO3. The number of aliphatic hydroxyl groups is 1. The van der Waals surface area contributed by atoms with Crippen LogP contribution in [0.4, 0.5) is 0 Å². The first-order valence-electron chi connectivity index (χ1n) is 5.84. The highest BCUT2D eigenvalue weighted by Crippen LogP contribution is 2.29. The standard InChI is InChI=1S/C13H16ClNO3/c1-18-12-4-2-3-8-5-11(16)10(6-9(8)12)15-13(17)7-14/h2-4,10-11,16H,5-7H2,1H3,(H,15,17). The molecule has 2 N–H and O–H groups in total. The van der Waals surface area contributed by atoms with Crippen LogP contribution in [-0.4, -0.2) is 36.1 Å². The first-order valence-corrected chi connectivity index (χ1v) is 6.37. The number of hydrogen-bond acceptors (Lipinski definition) is 3. The Morgan fingerprint density at radius 3 is 3.00 bits per heavy atom. The molecule has 2 unspecified atom stereocenters. The van der Waals surface area contributed by atoms with Crippen molar-refractivity contribution in [3.8, 4) is 5.75 Å². The Morgan fingerprint density at radius 2 is 2.33 bits per heavy atom. The van der Waals surface area contributed by atoms with Crippen LogP contribution in [0.5, 0.6) is 5.75 Å². The SMILES string of the molecule is COc1cccc2c1CC(NC(=O)CCl)C(O)C2. The molecule has 0 saturated carbocycles. The van der Waals surface area contributed by atoms with Crippen LogP contribution in [-0.2, 0) is 17.6 Å². The van der Waals surface area contributed by atoms with E-state index in [0.717, 1.165) is 16.9 Å². The summed E-state index contributed by atoms with van der Waals surface area (Å²) in [5, 5.41) is 12.8. The zero-order chi connectivity index (χ0) is 13.1. The van der Waals surface area contributed by atoms with E-state index in [-0.39, 0.29) is 17.8 Å². The third kappa shape index (κ3) is 2.60. The third-order valence-corrected chi connectivity index (χ3v) is 3.48. The minimum atomic E-state index is -0.586. The molecule has 0 radical (unpaired) electrons. The first kappa shape index (κ1) is 13.2. The minimum Gasteiger partial charge on any atom is -0.496 e. The Labute approximate surface area is 111 Å². The van der Waals surface area contributed by atoms with E-state index in [9.17, 15) is 9.90 Å². The van der Waals surface area contributed by atoms with E-state index in [4.69, 9.17) is 16.3 Å². The van der Waals surface area contributed by atoms with Gasteiger partial charge in [0.2, 0.25) is 5.91 Å². The summed E-state index contributed by atoms with van der Waals surface area (Å²) in [7, 11) is 1.62. The van der Waals surface area contributed by atoms with Crippen molar-refractivity contribution in [3.63, 3.8) is 0 Å². The number of ether oxygens (including phenoxy) is 1. The van der Waals surface area contributed by atoms with Crippen LogP contribution >= 0.6 is 11.6 Å². The summed E-state index contributed by atoms with van der Waals surface area (Å²) >= 11 is 5.46. The smallest absolute Gasteiger partial charge is 0.235 e. The zero-order valence-corrected chi connectivity index (χ0v) is 10.9. The number of carbonyl (C=O) groups is 1. The molecular weight excluding hydrogens is 254 g/mol. The Morgan fingerprint density at radius 1 is 1.56 bits per heavy atom. The zero-order valence-electron chi connectivity index (χ0n) is 10.1. The van der Waals surface area contributed by atoms with E-state index in [2.05, 4.69) is 5.32 Å². The number of carbonyl (C=O) groups excluding carboxylic acids is 1. The molecule has 2 atom stereocenters. The number of fused-ring (bicyclic) bond motifs is 1. The summed E-state index contributed by atoms with van der Waals surface area (Å²) < 4.78 is 5.31. The van der Waals surface area contributed by atoms with E-state index < -0.39 is 6.10 Å². The number of alkyl halides is 1. The van der Waals surface area contributed by atoms with Gasteiger partial charge in [0, 0.05) is 6.42 Å². The van der Waals surface area contributed by atoms with Crippen LogP contribution in [0.25, 0.3) is 0 Å². The Bertz CT molecular complexity index is 450.